The van der Waals surface area contributed by atoms with E-state index in [1.54, 1.807) is 23.1 Å². The molecule has 0 atom stereocenters. The molecule has 2 N–H and O–H groups in total. The molecule has 0 saturated heterocycles. The maximum Gasteiger partial charge on any atom is 0.254 e. The number of benzene rings is 1. The summed E-state index contributed by atoms with van der Waals surface area (Å²) in [5.41, 5.74) is 7.89. The molecule has 0 unspecified atom stereocenters. The highest BCUT2D eigenvalue weighted by molar-refractivity contribution is 5.96. The number of nitriles is 1. The summed E-state index contributed by atoms with van der Waals surface area (Å²) in [5, 5.41) is 8.69. The predicted octanol–water partition coefficient (Wildman–Crippen LogP) is 2.59. The summed E-state index contributed by atoms with van der Waals surface area (Å²) in [5.74, 6) is 0.317. The molecule has 1 aromatic rings. The van der Waals surface area contributed by atoms with Crippen LogP contribution in [0.5, 0.6) is 0 Å². The minimum Gasteiger partial charge on any atom is -0.398 e. The number of carbonyl (C=O) groups is 1. The molecule has 0 bridgehead atoms. The summed E-state index contributed by atoms with van der Waals surface area (Å²) >= 11 is 0. The SMILES string of the molecule is Cc1c(N)cccc1C(=O)N(CCC#N)CC(C)C. The molecular weight excluding hydrogens is 238 g/mol. The van der Waals surface area contributed by atoms with Gasteiger partial charge in [-0.1, -0.05) is 19.9 Å². The van der Waals surface area contributed by atoms with Gasteiger partial charge in [0.1, 0.15) is 0 Å². The van der Waals surface area contributed by atoms with Gasteiger partial charge in [0, 0.05) is 24.3 Å². The first-order valence-corrected chi connectivity index (χ1v) is 6.48. The Morgan fingerprint density at radius 3 is 2.74 bits per heavy atom. The van der Waals surface area contributed by atoms with E-state index in [-0.39, 0.29) is 5.91 Å². The van der Waals surface area contributed by atoms with Gasteiger partial charge in [0.25, 0.3) is 5.91 Å². The number of nitrogens with two attached hydrogens (primary N) is 1. The Kier molecular flexibility index (Phi) is 5.37. The van der Waals surface area contributed by atoms with Gasteiger partial charge in [0.05, 0.1) is 12.5 Å². The lowest BCUT2D eigenvalue weighted by Gasteiger charge is -2.24. The lowest BCUT2D eigenvalue weighted by Crippen LogP contribution is -2.35. The third-order valence-corrected chi connectivity index (χ3v) is 2.97. The van der Waals surface area contributed by atoms with Gasteiger partial charge in [-0.05, 0) is 30.5 Å². The number of rotatable bonds is 5. The number of amides is 1. The Morgan fingerprint density at radius 1 is 1.47 bits per heavy atom. The molecule has 0 radical (unpaired) electrons. The third-order valence-electron chi connectivity index (χ3n) is 2.97. The topological polar surface area (TPSA) is 70.1 Å². The quantitative estimate of drug-likeness (QED) is 0.826. The second-order valence-electron chi connectivity index (χ2n) is 5.07. The van der Waals surface area contributed by atoms with Crippen LogP contribution in [-0.4, -0.2) is 23.9 Å². The molecule has 4 heteroatoms. The van der Waals surface area contributed by atoms with E-state index in [1.165, 1.54) is 0 Å². The summed E-state index contributed by atoms with van der Waals surface area (Å²) in [6.45, 7) is 7.06. The van der Waals surface area contributed by atoms with Gasteiger partial charge in [0.2, 0.25) is 0 Å². The zero-order chi connectivity index (χ0) is 14.4. The van der Waals surface area contributed by atoms with E-state index in [9.17, 15) is 4.79 Å². The molecule has 1 amide bonds. The number of nitrogens with zero attached hydrogens (tertiary/aromatic N) is 2. The number of hydrogen-bond donors (Lipinski definition) is 1. The van der Waals surface area contributed by atoms with Crippen molar-refractivity contribution in [3.05, 3.63) is 29.3 Å². The molecule has 19 heavy (non-hydrogen) atoms. The lowest BCUT2D eigenvalue weighted by atomic mass is 10.0. The number of anilines is 1. The number of carbonyl (C=O) groups excluding carboxylic acids is 1. The van der Waals surface area contributed by atoms with Gasteiger partial charge in [-0.25, -0.2) is 0 Å². The molecule has 1 aromatic carbocycles. The van der Waals surface area contributed by atoms with Crippen LogP contribution in [0, 0.1) is 24.2 Å². The van der Waals surface area contributed by atoms with Crippen LogP contribution in [-0.2, 0) is 0 Å². The fourth-order valence-electron chi connectivity index (χ4n) is 1.96. The van der Waals surface area contributed by atoms with Crippen molar-refractivity contribution in [1.29, 1.82) is 5.26 Å². The fourth-order valence-corrected chi connectivity index (χ4v) is 1.96. The Morgan fingerprint density at radius 2 is 2.16 bits per heavy atom. The summed E-state index contributed by atoms with van der Waals surface area (Å²) in [6, 6.07) is 7.44. The predicted molar refractivity (Wildman–Crippen MR) is 76.6 cm³/mol. The van der Waals surface area contributed by atoms with Crippen LogP contribution in [0.25, 0.3) is 0 Å². The summed E-state index contributed by atoms with van der Waals surface area (Å²) in [7, 11) is 0. The van der Waals surface area contributed by atoms with E-state index in [2.05, 4.69) is 19.9 Å². The van der Waals surface area contributed by atoms with Crippen molar-refractivity contribution in [3.8, 4) is 6.07 Å². The Hall–Kier alpha value is -2.02. The van der Waals surface area contributed by atoms with Gasteiger partial charge < -0.3 is 10.6 Å². The lowest BCUT2D eigenvalue weighted by molar-refractivity contribution is 0.0739. The normalized spacial score (nSPS) is 10.3. The zero-order valence-electron chi connectivity index (χ0n) is 11.8. The van der Waals surface area contributed by atoms with E-state index >= 15 is 0 Å². The molecule has 0 saturated carbocycles. The van der Waals surface area contributed by atoms with Crippen molar-refractivity contribution in [1.82, 2.24) is 4.90 Å². The molecule has 0 heterocycles. The molecule has 0 fully saturated rings. The van der Waals surface area contributed by atoms with Crippen LogP contribution in [0.2, 0.25) is 0 Å². The molecular formula is C15H21N3O. The van der Waals surface area contributed by atoms with E-state index in [1.807, 2.05) is 6.92 Å². The summed E-state index contributed by atoms with van der Waals surface area (Å²) in [6.07, 6.45) is 0.347. The van der Waals surface area contributed by atoms with Crippen LogP contribution < -0.4 is 5.73 Å². The summed E-state index contributed by atoms with van der Waals surface area (Å²) < 4.78 is 0. The second-order valence-corrected chi connectivity index (χ2v) is 5.07. The first-order chi connectivity index (χ1) is 8.97. The first-order valence-electron chi connectivity index (χ1n) is 6.48. The molecule has 0 aliphatic heterocycles. The molecule has 4 nitrogen and oxygen atoms in total. The average molecular weight is 259 g/mol. The molecule has 1 rings (SSSR count). The molecule has 0 aliphatic carbocycles. The van der Waals surface area contributed by atoms with Gasteiger partial charge in [0.15, 0.2) is 0 Å². The number of hydrogen-bond acceptors (Lipinski definition) is 3. The minimum absolute atomic E-state index is 0.0475. The zero-order valence-corrected chi connectivity index (χ0v) is 11.8. The molecule has 0 spiro atoms. The van der Waals surface area contributed by atoms with Crippen molar-refractivity contribution in [3.63, 3.8) is 0 Å². The van der Waals surface area contributed by atoms with Crippen LogP contribution >= 0.6 is 0 Å². The van der Waals surface area contributed by atoms with Crippen molar-refractivity contribution in [2.45, 2.75) is 27.2 Å². The highest BCUT2D eigenvalue weighted by Crippen LogP contribution is 2.18. The first kappa shape index (κ1) is 15.0. The van der Waals surface area contributed by atoms with Crippen molar-refractivity contribution in [2.75, 3.05) is 18.8 Å². The minimum atomic E-state index is -0.0475. The smallest absolute Gasteiger partial charge is 0.254 e. The van der Waals surface area contributed by atoms with Crippen molar-refractivity contribution < 1.29 is 4.79 Å². The van der Waals surface area contributed by atoms with Gasteiger partial charge >= 0.3 is 0 Å². The molecule has 0 aliphatic rings. The Balaban J connectivity index is 2.98. The van der Waals surface area contributed by atoms with E-state index in [0.29, 0.717) is 36.7 Å². The standard InChI is InChI=1S/C15H21N3O/c1-11(2)10-18(9-5-8-16)15(19)13-6-4-7-14(17)12(13)3/h4,6-7,11H,5,9-10,17H2,1-3H3. The van der Waals surface area contributed by atoms with E-state index in [0.717, 1.165) is 5.56 Å². The third kappa shape index (κ3) is 3.99. The maximum absolute atomic E-state index is 12.5. The average Bonchev–Trinajstić information content (AvgIpc) is 2.36. The summed E-state index contributed by atoms with van der Waals surface area (Å²) in [4.78, 5) is 14.3. The van der Waals surface area contributed by atoms with Crippen molar-refractivity contribution in [2.24, 2.45) is 5.92 Å². The van der Waals surface area contributed by atoms with Gasteiger partial charge in [-0.2, -0.15) is 5.26 Å². The number of nitrogen functional groups attached to an aromatic ring is 1. The largest absolute Gasteiger partial charge is 0.398 e. The fraction of sp³-hybridized carbons (Fsp3) is 0.467. The van der Waals surface area contributed by atoms with Crippen LogP contribution in [0.3, 0.4) is 0 Å². The van der Waals surface area contributed by atoms with E-state index < -0.39 is 0 Å². The van der Waals surface area contributed by atoms with Crippen LogP contribution in [0.15, 0.2) is 18.2 Å². The van der Waals surface area contributed by atoms with Crippen molar-refractivity contribution >= 4 is 11.6 Å². The monoisotopic (exact) mass is 259 g/mol. The highest BCUT2D eigenvalue weighted by atomic mass is 16.2. The van der Waals surface area contributed by atoms with Gasteiger partial charge in [-0.15, -0.1) is 0 Å². The Labute approximate surface area is 114 Å². The van der Waals surface area contributed by atoms with Crippen LogP contribution in [0.1, 0.15) is 36.2 Å². The highest BCUT2D eigenvalue weighted by Gasteiger charge is 2.18. The van der Waals surface area contributed by atoms with Gasteiger partial charge in [-0.3, -0.25) is 4.79 Å². The maximum atomic E-state index is 12.5. The molecule has 102 valence electrons. The molecule has 0 aromatic heterocycles. The van der Waals surface area contributed by atoms with E-state index in [4.69, 9.17) is 11.0 Å². The second kappa shape index (κ2) is 6.79. The van der Waals surface area contributed by atoms with Crippen LogP contribution in [0.4, 0.5) is 5.69 Å². The Bertz CT molecular complexity index is 489.